The van der Waals surface area contributed by atoms with E-state index in [4.69, 9.17) is 16.0 Å². The summed E-state index contributed by atoms with van der Waals surface area (Å²) in [5.41, 5.74) is 3.72. The Hall–Kier alpha value is -4.05. The van der Waals surface area contributed by atoms with Gasteiger partial charge in [-0.25, -0.2) is 9.50 Å². The fraction of sp³-hybridized carbons (Fsp3) is 0.143. The number of imidazole rings is 1. The third-order valence-electron chi connectivity index (χ3n) is 5.45. The zero-order chi connectivity index (χ0) is 21.7. The molecule has 0 spiro atoms. The lowest BCUT2D eigenvalue weighted by Gasteiger charge is -2.32. The number of carbonyl (C=O) groups excluding carboxylic acids is 1. The Labute approximate surface area is 185 Å². The minimum atomic E-state index is -0.526. The van der Waals surface area contributed by atoms with Crippen molar-refractivity contribution in [1.29, 1.82) is 0 Å². The molecule has 158 valence electrons. The summed E-state index contributed by atoms with van der Waals surface area (Å²) in [5.74, 6) is -0.265. The van der Waals surface area contributed by atoms with Gasteiger partial charge in [-0.05, 0) is 30.3 Å². The first-order valence-electron chi connectivity index (χ1n) is 9.90. The minimum absolute atomic E-state index is 0.102. The lowest BCUT2D eigenvalue weighted by atomic mass is 9.99. The molecule has 0 radical (unpaired) electrons. The largest absolute Gasteiger partial charge is 0.412 e. The Bertz CT molecular complexity index is 1440. The fourth-order valence-corrected chi connectivity index (χ4v) is 4.18. The van der Waals surface area contributed by atoms with Gasteiger partial charge in [-0.1, -0.05) is 11.6 Å². The molecule has 6 rings (SSSR count). The minimum Gasteiger partial charge on any atom is -0.412 e. The summed E-state index contributed by atoms with van der Waals surface area (Å²) < 4.78 is 7.38. The van der Waals surface area contributed by atoms with Crippen molar-refractivity contribution in [3.8, 4) is 11.5 Å². The highest BCUT2D eigenvalue weighted by Gasteiger charge is 2.38. The molecule has 1 aliphatic heterocycles. The maximum absolute atomic E-state index is 13.5. The first kappa shape index (κ1) is 18.7. The number of pyridine rings is 2. The van der Waals surface area contributed by atoms with E-state index < -0.39 is 11.9 Å². The second kappa shape index (κ2) is 7.27. The van der Waals surface area contributed by atoms with Crippen molar-refractivity contribution in [3.05, 3.63) is 83.2 Å². The van der Waals surface area contributed by atoms with Crippen molar-refractivity contribution in [2.24, 2.45) is 0 Å². The van der Waals surface area contributed by atoms with Crippen LogP contribution in [-0.4, -0.2) is 52.1 Å². The number of amides is 1. The average molecular weight is 447 g/mol. The number of aromatic nitrogens is 7. The van der Waals surface area contributed by atoms with E-state index in [0.29, 0.717) is 29.2 Å². The predicted octanol–water partition coefficient (Wildman–Crippen LogP) is 2.94. The van der Waals surface area contributed by atoms with Crippen LogP contribution in [0.4, 0.5) is 0 Å². The maximum Gasteiger partial charge on any atom is 0.312 e. The fourth-order valence-electron chi connectivity index (χ4n) is 3.97. The molecule has 6 heterocycles. The summed E-state index contributed by atoms with van der Waals surface area (Å²) in [6, 6.07) is 8.50. The molecule has 1 atom stereocenters. The first-order valence-corrected chi connectivity index (χ1v) is 10.3. The Morgan fingerprint density at radius 2 is 2.19 bits per heavy atom. The number of halogens is 1. The van der Waals surface area contributed by atoms with Gasteiger partial charge >= 0.3 is 11.8 Å². The van der Waals surface area contributed by atoms with Crippen LogP contribution in [0.1, 0.15) is 33.8 Å². The number of H-pyrrole nitrogens is 1. The number of hydrogen-bond donors (Lipinski definition) is 1. The molecule has 32 heavy (non-hydrogen) atoms. The van der Waals surface area contributed by atoms with Crippen LogP contribution in [-0.2, 0) is 6.42 Å². The van der Waals surface area contributed by atoms with Crippen molar-refractivity contribution in [2.45, 2.75) is 12.5 Å². The van der Waals surface area contributed by atoms with E-state index in [0.717, 1.165) is 16.9 Å². The molecule has 1 N–H and O–H groups in total. The molecular weight excluding hydrogens is 432 g/mol. The van der Waals surface area contributed by atoms with Crippen LogP contribution < -0.4 is 0 Å². The lowest BCUT2D eigenvalue weighted by Crippen LogP contribution is -2.41. The summed E-state index contributed by atoms with van der Waals surface area (Å²) in [6.07, 6.45) is 7.30. The molecule has 0 fully saturated rings. The summed E-state index contributed by atoms with van der Waals surface area (Å²) >= 11 is 6.34. The quantitative estimate of drug-likeness (QED) is 0.452. The van der Waals surface area contributed by atoms with Crippen LogP contribution in [0.5, 0.6) is 0 Å². The van der Waals surface area contributed by atoms with Gasteiger partial charge in [0, 0.05) is 37.3 Å². The zero-order valence-electron chi connectivity index (χ0n) is 16.5. The third kappa shape index (κ3) is 2.95. The number of aromatic amines is 1. The van der Waals surface area contributed by atoms with Crippen LogP contribution in [0, 0.1) is 0 Å². The van der Waals surface area contributed by atoms with Crippen molar-refractivity contribution >= 4 is 23.0 Å². The van der Waals surface area contributed by atoms with E-state index >= 15 is 0 Å². The maximum atomic E-state index is 13.5. The lowest BCUT2D eigenvalue weighted by molar-refractivity contribution is 0.0646. The number of nitrogens with one attached hydrogen (secondary N) is 1. The molecule has 0 aliphatic carbocycles. The monoisotopic (exact) mass is 446 g/mol. The number of rotatable bonds is 3. The van der Waals surface area contributed by atoms with E-state index in [1.807, 2.05) is 18.3 Å². The smallest absolute Gasteiger partial charge is 0.312 e. The molecular formula is C21H15ClN8O2. The first-order chi connectivity index (χ1) is 15.7. The molecule has 10 nitrogen and oxygen atoms in total. The van der Waals surface area contributed by atoms with Gasteiger partial charge in [0.2, 0.25) is 5.89 Å². The molecule has 1 unspecified atom stereocenters. The Morgan fingerprint density at radius 3 is 3.03 bits per heavy atom. The second-order valence-corrected chi connectivity index (χ2v) is 7.73. The molecule has 5 aromatic rings. The van der Waals surface area contributed by atoms with Gasteiger partial charge in [-0.2, -0.15) is 5.10 Å². The SMILES string of the molecule is O=C(c1nnc(-c2cccnc2)o1)N1CCc2[nH]cnc2C1c1cc2c(Cl)cccn2n1. The Balaban J connectivity index is 1.41. The average Bonchev–Trinajstić information content (AvgIpc) is 3.58. The van der Waals surface area contributed by atoms with Crippen LogP contribution in [0.25, 0.3) is 17.0 Å². The molecule has 0 saturated heterocycles. The molecule has 1 aliphatic rings. The van der Waals surface area contributed by atoms with Gasteiger partial charge in [0.05, 0.1) is 33.8 Å². The van der Waals surface area contributed by atoms with E-state index in [2.05, 4.69) is 30.2 Å². The van der Waals surface area contributed by atoms with E-state index in [-0.39, 0.29) is 11.8 Å². The van der Waals surface area contributed by atoms with Gasteiger partial charge in [0.15, 0.2) is 0 Å². The summed E-state index contributed by atoms with van der Waals surface area (Å²) in [6.45, 7) is 0.435. The molecule has 0 bridgehead atoms. The van der Waals surface area contributed by atoms with Crippen molar-refractivity contribution in [3.63, 3.8) is 0 Å². The van der Waals surface area contributed by atoms with Gasteiger partial charge in [-0.15, -0.1) is 10.2 Å². The summed E-state index contributed by atoms with van der Waals surface area (Å²) in [4.78, 5) is 26.8. The van der Waals surface area contributed by atoms with Gasteiger partial charge < -0.3 is 14.3 Å². The van der Waals surface area contributed by atoms with Crippen molar-refractivity contribution < 1.29 is 9.21 Å². The highest BCUT2D eigenvalue weighted by Crippen LogP contribution is 2.35. The second-order valence-electron chi connectivity index (χ2n) is 7.33. The third-order valence-corrected chi connectivity index (χ3v) is 5.77. The van der Waals surface area contributed by atoms with Crippen LogP contribution >= 0.6 is 11.6 Å². The van der Waals surface area contributed by atoms with Crippen LogP contribution in [0.3, 0.4) is 0 Å². The van der Waals surface area contributed by atoms with Gasteiger partial charge in [0.1, 0.15) is 6.04 Å². The molecule has 1 amide bonds. The number of carbonyl (C=O) groups is 1. The Morgan fingerprint density at radius 1 is 1.25 bits per heavy atom. The highest BCUT2D eigenvalue weighted by molar-refractivity contribution is 6.33. The number of hydrogen-bond acceptors (Lipinski definition) is 7. The summed E-state index contributed by atoms with van der Waals surface area (Å²) in [5, 5.41) is 13.2. The molecule has 5 aromatic heterocycles. The standard InChI is InChI=1S/C21H15ClN8O2/c22-13-4-2-7-30-16(13)9-15(28-30)18-17-14(24-11-25-17)5-8-29(18)21(31)20-27-26-19(32-20)12-3-1-6-23-10-12/h1-4,6-7,9-11,18H,5,8H2,(H,24,25). The van der Waals surface area contributed by atoms with Gasteiger partial charge in [-0.3, -0.25) is 9.78 Å². The van der Waals surface area contributed by atoms with E-state index in [1.165, 1.54) is 0 Å². The van der Waals surface area contributed by atoms with Crippen molar-refractivity contribution in [2.75, 3.05) is 6.54 Å². The molecule has 0 saturated carbocycles. The van der Waals surface area contributed by atoms with Crippen LogP contribution in [0.2, 0.25) is 5.02 Å². The zero-order valence-corrected chi connectivity index (χ0v) is 17.3. The van der Waals surface area contributed by atoms with E-state index in [1.54, 1.807) is 46.3 Å². The highest BCUT2D eigenvalue weighted by atomic mass is 35.5. The Kier molecular flexibility index (Phi) is 4.25. The normalized spacial score (nSPS) is 15.8. The van der Waals surface area contributed by atoms with Gasteiger partial charge in [0.25, 0.3) is 0 Å². The number of nitrogens with zero attached hydrogens (tertiary/aromatic N) is 7. The van der Waals surface area contributed by atoms with Crippen LogP contribution in [0.15, 0.2) is 59.7 Å². The van der Waals surface area contributed by atoms with E-state index in [9.17, 15) is 4.79 Å². The molecule has 11 heteroatoms. The summed E-state index contributed by atoms with van der Waals surface area (Å²) in [7, 11) is 0. The topological polar surface area (TPSA) is 118 Å². The number of fused-ring (bicyclic) bond motifs is 2. The molecule has 0 aromatic carbocycles. The predicted molar refractivity (Wildman–Crippen MR) is 113 cm³/mol. The van der Waals surface area contributed by atoms with Crippen molar-refractivity contribution in [1.82, 2.24) is 39.7 Å².